The van der Waals surface area contributed by atoms with E-state index in [4.69, 9.17) is 10.2 Å². The van der Waals surface area contributed by atoms with Crippen molar-refractivity contribution in [2.75, 3.05) is 19.3 Å². The topological polar surface area (TPSA) is 42.4 Å². The molecule has 106 valence electrons. The van der Waals surface area contributed by atoms with Gasteiger partial charge in [0.05, 0.1) is 12.5 Å². The molecule has 0 amide bonds. The lowest BCUT2D eigenvalue weighted by Gasteiger charge is -2.33. The van der Waals surface area contributed by atoms with Crippen molar-refractivity contribution in [3.63, 3.8) is 0 Å². The highest BCUT2D eigenvalue weighted by Crippen LogP contribution is 2.28. The van der Waals surface area contributed by atoms with Gasteiger partial charge in [0.15, 0.2) is 0 Å². The van der Waals surface area contributed by atoms with E-state index in [-0.39, 0.29) is 0 Å². The van der Waals surface area contributed by atoms with E-state index in [1.807, 2.05) is 18.4 Å². The lowest BCUT2D eigenvalue weighted by molar-refractivity contribution is 0.224. The van der Waals surface area contributed by atoms with Gasteiger partial charge in [-0.1, -0.05) is 12.1 Å². The predicted molar refractivity (Wildman–Crippen MR) is 81.7 cm³/mol. The first-order valence-corrected chi connectivity index (χ1v) is 7.31. The quantitative estimate of drug-likeness (QED) is 0.869. The zero-order valence-electron chi connectivity index (χ0n) is 12.0. The fraction of sp³-hybridized carbons (Fsp3) is 0.412. The van der Waals surface area contributed by atoms with Crippen LogP contribution in [0.25, 0.3) is 0 Å². The third-order valence-electron chi connectivity index (χ3n) is 4.45. The smallest absolute Gasteiger partial charge is 0.0934 e. The van der Waals surface area contributed by atoms with Crippen LogP contribution in [0.4, 0.5) is 5.69 Å². The molecule has 3 nitrogen and oxygen atoms in total. The van der Waals surface area contributed by atoms with E-state index in [1.165, 1.54) is 23.1 Å². The lowest BCUT2D eigenvalue weighted by atomic mass is 9.86. The van der Waals surface area contributed by atoms with Crippen LogP contribution in [0.1, 0.15) is 23.1 Å². The minimum absolute atomic E-state index is 0.621. The number of nitrogens with zero attached hydrogens (tertiary/aromatic N) is 1. The molecule has 1 heterocycles. The second-order valence-corrected chi connectivity index (χ2v) is 5.74. The first kappa shape index (κ1) is 13.3. The van der Waals surface area contributed by atoms with Crippen LogP contribution in [-0.2, 0) is 19.3 Å². The largest absolute Gasteiger partial charge is 0.472 e. The van der Waals surface area contributed by atoms with Gasteiger partial charge in [-0.3, -0.25) is 0 Å². The number of fused-ring (bicyclic) bond motifs is 1. The minimum Gasteiger partial charge on any atom is -0.472 e. The molecule has 2 aromatic rings. The number of benzene rings is 1. The van der Waals surface area contributed by atoms with Gasteiger partial charge in [0.25, 0.3) is 0 Å². The van der Waals surface area contributed by atoms with Gasteiger partial charge in [0.1, 0.15) is 0 Å². The summed E-state index contributed by atoms with van der Waals surface area (Å²) < 4.78 is 5.12. The molecule has 2 N–H and O–H groups in total. The highest BCUT2D eigenvalue weighted by Gasteiger charge is 2.22. The van der Waals surface area contributed by atoms with Crippen LogP contribution >= 0.6 is 0 Å². The number of hydrogen-bond donors (Lipinski definition) is 1. The summed E-state index contributed by atoms with van der Waals surface area (Å²) in [7, 11) is 2.22. The van der Waals surface area contributed by atoms with E-state index >= 15 is 0 Å². The second-order valence-electron chi connectivity index (χ2n) is 5.74. The average Bonchev–Trinajstić information content (AvgIpc) is 2.98. The maximum atomic E-state index is 6.06. The Hall–Kier alpha value is -1.74. The van der Waals surface area contributed by atoms with Gasteiger partial charge in [-0.25, -0.2) is 0 Å². The van der Waals surface area contributed by atoms with Gasteiger partial charge in [-0.2, -0.15) is 0 Å². The van der Waals surface area contributed by atoms with Crippen LogP contribution < -0.4 is 5.73 Å². The zero-order chi connectivity index (χ0) is 13.9. The van der Waals surface area contributed by atoms with Crippen LogP contribution in [0, 0.1) is 0 Å². The summed E-state index contributed by atoms with van der Waals surface area (Å²) in [5, 5.41) is 0. The Morgan fingerprint density at radius 2 is 2.25 bits per heavy atom. The van der Waals surface area contributed by atoms with Crippen molar-refractivity contribution in [3.05, 3.63) is 53.5 Å². The molecule has 1 unspecified atom stereocenters. The van der Waals surface area contributed by atoms with Crippen molar-refractivity contribution in [1.82, 2.24) is 4.90 Å². The highest BCUT2D eigenvalue weighted by molar-refractivity contribution is 5.52. The summed E-state index contributed by atoms with van der Waals surface area (Å²) in [6.45, 7) is 1.07. The monoisotopic (exact) mass is 270 g/mol. The molecule has 1 aliphatic rings. The standard InChI is InChI=1S/C17H22N2O/c1-19(9-7-13-8-10-20-12-13)15-5-6-16-14(11-15)3-2-4-17(16)18/h2-4,8,10,12,15H,5-7,9,11,18H2,1H3. The molecule has 1 atom stereocenters. The number of nitrogens with two attached hydrogens (primary N) is 1. The Kier molecular flexibility index (Phi) is 3.79. The van der Waals surface area contributed by atoms with E-state index in [1.54, 1.807) is 6.26 Å². The molecule has 0 aliphatic heterocycles. The number of likely N-dealkylation sites (N-methyl/N-ethyl adjacent to an activating group) is 1. The molecule has 1 aromatic carbocycles. The molecule has 20 heavy (non-hydrogen) atoms. The number of furan rings is 1. The average molecular weight is 270 g/mol. The molecule has 1 aromatic heterocycles. The maximum Gasteiger partial charge on any atom is 0.0934 e. The molecule has 1 aliphatic carbocycles. The van der Waals surface area contributed by atoms with E-state index in [0.717, 1.165) is 31.5 Å². The highest BCUT2D eigenvalue weighted by atomic mass is 16.3. The Morgan fingerprint density at radius 3 is 3.05 bits per heavy atom. The fourth-order valence-electron chi connectivity index (χ4n) is 3.12. The number of anilines is 1. The second kappa shape index (κ2) is 5.71. The molecule has 0 saturated heterocycles. The van der Waals surface area contributed by atoms with Crippen molar-refractivity contribution in [1.29, 1.82) is 0 Å². The van der Waals surface area contributed by atoms with Gasteiger partial charge in [-0.15, -0.1) is 0 Å². The van der Waals surface area contributed by atoms with Crippen LogP contribution in [0.5, 0.6) is 0 Å². The SMILES string of the molecule is CN(CCc1ccoc1)C1CCc2c(N)cccc2C1. The fourth-order valence-corrected chi connectivity index (χ4v) is 3.12. The van der Waals surface area contributed by atoms with E-state index < -0.39 is 0 Å². The van der Waals surface area contributed by atoms with Gasteiger partial charge in [-0.05, 0) is 61.6 Å². The normalized spacial score (nSPS) is 18.2. The summed E-state index contributed by atoms with van der Waals surface area (Å²) in [5.74, 6) is 0. The van der Waals surface area contributed by atoms with Crippen LogP contribution in [0.15, 0.2) is 41.2 Å². The van der Waals surface area contributed by atoms with Gasteiger partial charge < -0.3 is 15.1 Å². The summed E-state index contributed by atoms with van der Waals surface area (Å²) in [4.78, 5) is 2.47. The summed E-state index contributed by atoms with van der Waals surface area (Å²) in [6, 6.07) is 8.98. The number of hydrogen-bond acceptors (Lipinski definition) is 3. The molecular formula is C17H22N2O. The molecule has 3 heteroatoms. The van der Waals surface area contributed by atoms with Crippen LogP contribution in [0.3, 0.4) is 0 Å². The Morgan fingerprint density at radius 1 is 1.35 bits per heavy atom. The Bertz CT molecular complexity index is 562. The Labute approximate surface area is 120 Å². The van der Waals surface area contributed by atoms with Crippen molar-refractivity contribution < 1.29 is 4.42 Å². The van der Waals surface area contributed by atoms with E-state index in [0.29, 0.717) is 6.04 Å². The lowest BCUT2D eigenvalue weighted by Crippen LogP contribution is -2.37. The van der Waals surface area contributed by atoms with Crippen LogP contribution in [0.2, 0.25) is 0 Å². The zero-order valence-corrected chi connectivity index (χ0v) is 12.0. The molecule has 0 fully saturated rings. The predicted octanol–water partition coefficient (Wildman–Crippen LogP) is 2.89. The maximum absolute atomic E-state index is 6.06. The molecular weight excluding hydrogens is 248 g/mol. The molecule has 0 radical (unpaired) electrons. The summed E-state index contributed by atoms with van der Waals surface area (Å²) in [5.41, 5.74) is 11.1. The Balaban J connectivity index is 1.61. The van der Waals surface area contributed by atoms with E-state index in [2.05, 4.69) is 24.1 Å². The van der Waals surface area contributed by atoms with Crippen LogP contribution in [-0.4, -0.2) is 24.5 Å². The van der Waals surface area contributed by atoms with Crippen molar-refractivity contribution >= 4 is 5.69 Å². The van der Waals surface area contributed by atoms with E-state index in [9.17, 15) is 0 Å². The first-order valence-electron chi connectivity index (χ1n) is 7.31. The van der Waals surface area contributed by atoms with Gasteiger partial charge >= 0.3 is 0 Å². The summed E-state index contributed by atoms with van der Waals surface area (Å²) in [6.07, 6.45) is 8.04. The number of nitrogen functional groups attached to an aromatic ring is 1. The minimum atomic E-state index is 0.621. The number of rotatable bonds is 4. The summed E-state index contributed by atoms with van der Waals surface area (Å²) >= 11 is 0. The van der Waals surface area contributed by atoms with Crippen molar-refractivity contribution in [2.24, 2.45) is 0 Å². The molecule has 3 rings (SSSR count). The molecule has 0 bridgehead atoms. The van der Waals surface area contributed by atoms with Gasteiger partial charge in [0, 0.05) is 18.3 Å². The van der Waals surface area contributed by atoms with Crippen molar-refractivity contribution in [3.8, 4) is 0 Å². The molecule has 0 spiro atoms. The first-order chi connectivity index (χ1) is 9.74. The third-order valence-corrected chi connectivity index (χ3v) is 4.45. The van der Waals surface area contributed by atoms with Gasteiger partial charge in [0.2, 0.25) is 0 Å². The van der Waals surface area contributed by atoms with Crippen molar-refractivity contribution in [2.45, 2.75) is 31.7 Å². The third kappa shape index (κ3) is 2.73. The molecule has 0 saturated carbocycles.